The highest BCUT2D eigenvalue weighted by atomic mass is 16.4. The first-order valence-corrected chi connectivity index (χ1v) is 4.91. The fourth-order valence-electron chi connectivity index (χ4n) is 1.87. The molecule has 1 rings (SSSR count). The van der Waals surface area contributed by atoms with Crippen LogP contribution in [0.5, 0.6) is 0 Å². The minimum atomic E-state index is -1.64. The summed E-state index contributed by atoms with van der Waals surface area (Å²) >= 11 is 0. The Hall–Kier alpha value is -1.13. The van der Waals surface area contributed by atoms with Crippen LogP contribution in [0.25, 0.3) is 0 Å². The second-order valence-electron chi connectivity index (χ2n) is 3.75. The van der Waals surface area contributed by atoms with Crippen LogP contribution in [-0.4, -0.2) is 29.4 Å². The maximum atomic E-state index is 11.0. The van der Waals surface area contributed by atoms with Gasteiger partial charge in [0.15, 0.2) is 0 Å². The second-order valence-corrected chi connectivity index (χ2v) is 3.75. The molecule has 0 amide bonds. The van der Waals surface area contributed by atoms with E-state index in [4.69, 9.17) is 5.11 Å². The van der Waals surface area contributed by atoms with E-state index >= 15 is 0 Å². The van der Waals surface area contributed by atoms with Gasteiger partial charge < -0.3 is 5.11 Å². The molecule has 0 radical (unpaired) electrons. The molecule has 0 bridgehead atoms. The van der Waals surface area contributed by atoms with Gasteiger partial charge in [0, 0.05) is 6.42 Å². The van der Waals surface area contributed by atoms with Crippen LogP contribution in [0.1, 0.15) is 19.3 Å². The fourth-order valence-corrected chi connectivity index (χ4v) is 1.87. The Labute approximate surface area is 82.8 Å². The zero-order valence-corrected chi connectivity index (χ0v) is 7.99. The predicted molar refractivity (Wildman–Crippen MR) is 51.7 cm³/mol. The average Bonchev–Trinajstić information content (AvgIpc) is 2.65. The van der Waals surface area contributed by atoms with E-state index in [0.29, 0.717) is 13.0 Å². The summed E-state index contributed by atoms with van der Waals surface area (Å²) in [6.07, 6.45) is 5.34. The lowest BCUT2D eigenvalue weighted by Gasteiger charge is -2.01. The van der Waals surface area contributed by atoms with Crippen LogP contribution in [0, 0.1) is 0 Å². The molecular formula is C9H13BO4. The lowest BCUT2D eigenvalue weighted by molar-refractivity contribution is -0.152. The molecule has 0 spiro atoms. The first-order chi connectivity index (χ1) is 6.61. The summed E-state index contributed by atoms with van der Waals surface area (Å²) in [5.41, 5.74) is 0. The fraction of sp³-hybridized carbons (Fsp3) is 0.667. The molecule has 1 aliphatic rings. The third kappa shape index (κ3) is 2.98. The summed E-state index contributed by atoms with van der Waals surface area (Å²) in [5, 5.41) is 8.27. The van der Waals surface area contributed by atoms with Gasteiger partial charge in [-0.25, -0.2) is 4.79 Å². The van der Waals surface area contributed by atoms with E-state index in [9.17, 15) is 14.4 Å². The van der Waals surface area contributed by atoms with Crippen LogP contribution in [0.4, 0.5) is 0 Å². The van der Waals surface area contributed by atoms with Gasteiger partial charge in [0.05, 0.1) is 0 Å². The van der Waals surface area contributed by atoms with Crippen LogP contribution in [-0.2, 0) is 14.4 Å². The topological polar surface area (TPSA) is 71.4 Å². The van der Waals surface area contributed by atoms with Crippen molar-refractivity contribution in [3.05, 3.63) is 0 Å². The number of carbonyl (C=O) groups is 3. The molecular weight excluding hydrogens is 183 g/mol. The molecule has 0 saturated carbocycles. The molecule has 0 aliphatic carbocycles. The summed E-state index contributed by atoms with van der Waals surface area (Å²) < 4.78 is 0. The normalized spacial score (nSPS) is 15.6. The molecule has 4 nitrogen and oxygen atoms in total. The molecule has 1 saturated heterocycles. The summed E-state index contributed by atoms with van der Waals surface area (Å²) in [5.74, 6) is -3.67. The van der Waals surface area contributed by atoms with Crippen molar-refractivity contribution in [2.75, 3.05) is 0 Å². The molecule has 0 atom stereocenters. The van der Waals surface area contributed by atoms with E-state index < -0.39 is 17.5 Å². The maximum Gasteiger partial charge on any atom is 0.380 e. The zero-order chi connectivity index (χ0) is 10.6. The van der Waals surface area contributed by atoms with E-state index in [1.165, 1.54) is 12.8 Å². The molecule has 1 aliphatic heterocycles. The van der Waals surface area contributed by atoms with Crippen molar-refractivity contribution in [1.29, 1.82) is 0 Å². The first-order valence-electron chi connectivity index (χ1n) is 4.91. The Bertz CT molecular complexity index is 256. The van der Waals surface area contributed by atoms with E-state index in [1.807, 2.05) is 0 Å². The van der Waals surface area contributed by atoms with Gasteiger partial charge in [-0.15, -0.1) is 0 Å². The van der Waals surface area contributed by atoms with Gasteiger partial charge in [0.2, 0.25) is 5.78 Å². The highest BCUT2D eigenvalue weighted by molar-refractivity contribution is 6.64. The van der Waals surface area contributed by atoms with Gasteiger partial charge >= 0.3 is 11.8 Å². The Kier molecular flexibility index (Phi) is 3.86. The Morgan fingerprint density at radius 3 is 2.21 bits per heavy atom. The van der Waals surface area contributed by atoms with Crippen LogP contribution in [0.2, 0.25) is 19.0 Å². The molecule has 1 heterocycles. The van der Waals surface area contributed by atoms with Gasteiger partial charge in [-0.1, -0.05) is 31.8 Å². The largest absolute Gasteiger partial charge is 0.475 e. The van der Waals surface area contributed by atoms with E-state index in [0.717, 1.165) is 12.6 Å². The minimum Gasteiger partial charge on any atom is -0.475 e. The number of rotatable bonds is 5. The number of carboxylic acids is 1. The van der Waals surface area contributed by atoms with Crippen LogP contribution in [0.3, 0.4) is 0 Å². The van der Waals surface area contributed by atoms with E-state index in [1.54, 1.807) is 0 Å². The second kappa shape index (κ2) is 4.93. The Morgan fingerprint density at radius 1 is 1.14 bits per heavy atom. The van der Waals surface area contributed by atoms with Gasteiger partial charge in [0.25, 0.3) is 0 Å². The lowest BCUT2D eigenvalue weighted by Crippen LogP contribution is -2.24. The summed E-state index contributed by atoms with van der Waals surface area (Å²) in [6.45, 7) is 0.514. The van der Waals surface area contributed by atoms with Crippen molar-refractivity contribution in [1.82, 2.24) is 0 Å². The van der Waals surface area contributed by atoms with Crippen LogP contribution < -0.4 is 0 Å². The Balaban J connectivity index is 2.26. The maximum absolute atomic E-state index is 11.0. The molecule has 0 unspecified atom stereocenters. The van der Waals surface area contributed by atoms with Gasteiger partial charge in [-0.05, 0) is 0 Å². The quantitative estimate of drug-likeness (QED) is 0.402. The number of ketones is 2. The number of aliphatic carboxylic acids is 1. The molecule has 1 fully saturated rings. The van der Waals surface area contributed by atoms with Crippen molar-refractivity contribution in [2.45, 2.75) is 38.2 Å². The number of carbonyl (C=O) groups excluding carboxylic acids is 2. The number of Topliss-reactive ketones (excluding diaryl/α,β-unsaturated/α-hetero) is 2. The monoisotopic (exact) mass is 196 g/mol. The van der Waals surface area contributed by atoms with Crippen molar-refractivity contribution >= 4 is 24.2 Å². The predicted octanol–water partition coefficient (Wildman–Crippen LogP) is 0.888. The lowest BCUT2D eigenvalue weighted by atomic mass is 9.45. The number of hydrogen-bond donors (Lipinski definition) is 1. The van der Waals surface area contributed by atoms with Crippen molar-refractivity contribution in [2.24, 2.45) is 0 Å². The third-order valence-corrected chi connectivity index (χ3v) is 2.70. The number of carboxylic acid groups (broad SMARTS) is 1. The molecule has 5 heteroatoms. The third-order valence-electron chi connectivity index (χ3n) is 2.70. The SMILES string of the molecule is O=C(O)C(=O)C(=O)CCB1CCCC1. The molecule has 0 aromatic rings. The number of hydrogen-bond acceptors (Lipinski definition) is 3. The van der Waals surface area contributed by atoms with Crippen molar-refractivity contribution in [3.63, 3.8) is 0 Å². The van der Waals surface area contributed by atoms with Crippen LogP contribution in [0.15, 0.2) is 0 Å². The Morgan fingerprint density at radius 2 is 1.71 bits per heavy atom. The van der Waals surface area contributed by atoms with E-state index in [2.05, 4.69) is 0 Å². The molecule has 76 valence electrons. The first kappa shape index (κ1) is 11.0. The molecule has 0 aromatic heterocycles. The minimum absolute atomic E-state index is 0.0931. The summed E-state index contributed by atoms with van der Waals surface area (Å²) in [4.78, 5) is 31.9. The van der Waals surface area contributed by atoms with Crippen molar-refractivity contribution in [3.8, 4) is 0 Å². The van der Waals surface area contributed by atoms with Crippen LogP contribution >= 0.6 is 0 Å². The highest BCUT2D eigenvalue weighted by Gasteiger charge is 2.25. The van der Waals surface area contributed by atoms with E-state index in [-0.39, 0.29) is 6.42 Å². The summed E-state index contributed by atoms with van der Waals surface area (Å²) in [6, 6.07) is 0. The average molecular weight is 196 g/mol. The van der Waals surface area contributed by atoms with Gasteiger partial charge in [-0.3, -0.25) is 9.59 Å². The van der Waals surface area contributed by atoms with Gasteiger partial charge in [0.1, 0.15) is 6.71 Å². The van der Waals surface area contributed by atoms with Gasteiger partial charge in [-0.2, -0.15) is 0 Å². The highest BCUT2D eigenvalue weighted by Crippen LogP contribution is 2.23. The van der Waals surface area contributed by atoms with Crippen molar-refractivity contribution < 1.29 is 19.5 Å². The zero-order valence-electron chi connectivity index (χ0n) is 7.99. The molecule has 14 heavy (non-hydrogen) atoms. The standard InChI is InChI=1S/C9H13BO4/c11-7(8(12)9(13)14)3-6-10-4-1-2-5-10/h1-6H2,(H,13,14). The molecule has 0 aromatic carbocycles. The smallest absolute Gasteiger partial charge is 0.380 e. The molecule has 1 N–H and O–H groups in total. The summed E-state index contributed by atoms with van der Waals surface area (Å²) in [7, 11) is 0.